The molecule has 1 rings (SSSR count). The molecule has 1 aromatic carbocycles. The molecule has 0 saturated carbocycles. The van der Waals surface area contributed by atoms with Crippen LogP contribution in [0.1, 0.15) is 26.3 Å². The second kappa shape index (κ2) is 6.10. The maximum atomic E-state index is 6.05. The Morgan fingerprint density at radius 1 is 1.35 bits per heavy atom. The monoisotopic (exact) mass is 318 g/mol. The standard InChI is InChI=1S/C14H20BrClO/c1-14(2,3)11(9-15)7-10-8-12(16)5-6-13(10)17-4/h5-6,8,11H,7,9H2,1-4H3. The molecule has 3 heteroatoms. The van der Waals surface area contributed by atoms with Crippen molar-refractivity contribution in [2.75, 3.05) is 12.4 Å². The lowest BCUT2D eigenvalue weighted by Gasteiger charge is -2.29. The number of hydrogen-bond donors (Lipinski definition) is 0. The van der Waals surface area contributed by atoms with Crippen LogP contribution in [0.4, 0.5) is 0 Å². The number of alkyl halides is 1. The number of halogens is 2. The molecule has 1 aromatic rings. The van der Waals surface area contributed by atoms with E-state index in [0.717, 1.165) is 22.5 Å². The van der Waals surface area contributed by atoms with Gasteiger partial charge in [-0.2, -0.15) is 0 Å². The van der Waals surface area contributed by atoms with E-state index in [-0.39, 0.29) is 5.41 Å². The van der Waals surface area contributed by atoms with Crippen LogP contribution in [0.3, 0.4) is 0 Å². The van der Waals surface area contributed by atoms with Crippen LogP contribution in [0.15, 0.2) is 18.2 Å². The predicted molar refractivity (Wildman–Crippen MR) is 78.4 cm³/mol. The Labute approximate surface area is 118 Å². The zero-order valence-electron chi connectivity index (χ0n) is 10.9. The zero-order chi connectivity index (χ0) is 13.1. The van der Waals surface area contributed by atoms with E-state index in [2.05, 4.69) is 36.7 Å². The Morgan fingerprint density at radius 2 is 2.00 bits per heavy atom. The first-order valence-electron chi connectivity index (χ1n) is 5.77. The van der Waals surface area contributed by atoms with Gasteiger partial charge >= 0.3 is 0 Å². The van der Waals surface area contributed by atoms with Crippen molar-refractivity contribution in [2.24, 2.45) is 11.3 Å². The molecule has 0 aliphatic heterocycles. The molecular formula is C14H20BrClO. The third-order valence-electron chi connectivity index (χ3n) is 3.12. The van der Waals surface area contributed by atoms with Crippen molar-refractivity contribution in [1.82, 2.24) is 0 Å². The van der Waals surface area contributed by atoms with E-state index < -0.39 is 0 Å². The highest BCUT2D eigenvalue weighted by Gasteiger charge is 2.24. The Kier molecular flexibility index (Phi) is 5.33. The number of methoxy groups -OCH3 is 1. The van der Waals surface area contributed by atoms with Crippen molar-refractivity contribution < 1.29 is 4.74 Å². The molecule has 0 fully saturated rings. The first-order chi connectivity index (χ1) is 7.88. The van der Waals surface area contributed by atoms with Gasteiger partial charge < -0.3 is 4.74 Å². The lowest BCUT2D eigenvalue weighted by Crippen LogP contribution is -2.24. The van der Waals surface area contributed by atoms with Gasteiger partial charge in [0.25, 0.3) is 0 Å². The van der Waals surface area contributed by atoms with Crippen molar-refractivity contribution in [3.8, 4) is 5.75 Å². The maximum absolute atomic E-state index is 6.05. The van der Waals surface area contributed by atoms with Gasteiger partial charge in [0.1, 0.15) is 5.75 Å². The second-order valence-electron chi connectivity index (χ2n) is 5.38. The fourth-order valence-corrected chi connectivity index (χ4v) is 3.16. The lowest BCUT2D eigenvalue weighted by atomic mass is 9.78. The van der Waals surface area contributed by atoms with E-state index in [1.54, 1.807) is 7.11 Å². The van der Waals surface area contributed by atoms with Crippen LogP contribution in [-0.2, 0) is 6.42 Å². The normalized spacial score (nSPS) is 13.5. The van der Waals surface area contributed by atoms with Crippen molar-refractivity contribution in [3.05, 3.63) is 28.8 Å². The SMILES string of the molecule is COc1ccc(Cl)cc1CC(CBr)C(C)(C)C. The van der Waals surface area contributed by atoms with Crippen LogP contribution in [0.5, 0.6) is 5.75 Å². The Balaban J connectivity index is 2.96. The smallest absolute Gasteiger partial charge is 0.122 e. The molecule has 17 heavy (non-hydrogen) atoms. The molecule has 0 radical (unpaired) electrons. The van der Waals surface area contributed by atoms with Crippen LogP contribution in [-0.4, -0.2) is 12.4 Å². The molecule has 0 spiro atoms. The third kappa shape index (κ3) is 4.18. The molecule has 1 nitrogen and oxygen atoms in total. The van der Waals surface area contributed by atoms with Crippen molar-refractivity contribution >= 4 is 27.5 Å². The third-order valence-corrected chi connectivity index (χ3v) is 4.14. The topological polar surface area (TPSA) is 9.23 Å². The molecule has 0 amide bonds. The second-order valence-corrected chi connectivity index (χ2v) is 6.46. The first kappa shape index (κ1) is 14.8. The zero-order valence-corrected chi connectivity index (χ0v) is 13.2. The van der Waals surface area contributed by atoms with Crippen molar-refractivity contribution in [1.29, 1.82) is 0 Å². The van der Waals surface area contributed by atoms with Crippen LogP contribution in [0.2, 0.25) is 5.02 Å². The highest BCUT2D eigenvalue weighted by Crippen LogP contribution is 2.34. The number of rotatable bonds is 4. The maximum Gasteiger partial charge on any atom is 0.122 e. The molecule has 1 unspecified atom stereocenters. The molecule has 0 bridgehead atoms. The van der Waals surface area contributed by atoms with Crippen LogP contribution in [0, 0.1) is 11.3 Å². The Morgan fingerprint density at radius 3 is 2.47 bits per heavy atom. The number of ether oxygens (including phenoxy) is 1. The highest BCUT2D eigenvalue weighted by atomic mass is 79.9. The van der Waals surface area contributed by atoms with E-state index in [0.29, 0.717) is 5.92 Å². The molecule has 1 atom stereocenters. The summed E-state index contributed by atoms with van der Waals surface area (Å²) in [4.78, 5) is 0. The van der Waals surface area contributed by atoms with E-state index in [9.17, 15) is 0 Å². The summed E-state index contributed by atoms with van der Waals surface area (Å²) >= 11 is 9.65. The minimum absolute atomic E-state index is 0.261. The molecule has 0 aromatic heterocycles. The van der Waals surface area contributed by atoms with Crippen LogP contribution in [0.25, 0.3) is 0 Å². The van der Waals surface area contributed by atoms with E-state index in [4.69, 9.17) is 16.3 Å². The van der Waals surface area contributed by atoms with Crippen LogP contribution >= 0.6 is 27.5 Å². The summed E-state index contributed by atoms with van der Waals surface area (Å²) in [5.41, 5.74) is 1.44. The minimum Gasteiger partial charge on any atom is -0.496 e. The molecule has 0 aliphatic carbocycles. The van der Waals surface area contributed by atoms with Crippen molar-refractivity contribution in [3.63, 3.8) is 0 Å². The fraction of sp³-hybridized carbons (Fsp3) is 0.571. The molecule has 0 saturated heterocycles. The lowest BCUT2D eigenvalue weighted by molar-refractivity contribution is 0.264. The molecule has 0 aliphatic rings. The van der Waals surface area contributed by atoms with E-state index >= 15 is 0 Å². The van der Waals surface area contributed by atoms with Gasteiger partial charge in [0.2, 0.25) is 0 Å². The summed E-state index contributed by atoms with van der Waals surface area (Å²) in [7, 11) is 1.70. The summed E-state index contributed by atoms with van der Waals surface area (Å²) < 4.78 is 5.38. The van der Waals surface area contributed by atoms with E-state index in [1.165, 1.54) is 5.56 Å². The van der Waals surface area contributed by atoms with Gasteiger partial charge in [-0.3, -0.25) is 0 Å². The van der Waals surface area contributed by atoms with E-state index in [1.807, 2.05) is 18.2 Å². The average Bonchev–Trinajstić information content (AvgIpc) is 2.24. The first-order valence-corrected chi connectivity index (χ1v) is 7.26. The summed E-state index contributed by atoms with van der Waals surface area (Å²) in [6, 6.07) is 5.80. The molecule has 96 valence electrons. The number of hydrogen-bond acceptors (Lipinski definition) is 1. The molecular weight excluding hydrogens is 300 g/mol. The summed E-state index contributed by atoms with van der Waals surface area (Å²) in [5, 5.41) is 1.75. The minimum atomic E-state index is 0.261. The van der Waals surface area contributed by atoms with Gasteiger partial charge in [-0.25, -0.2) is 0 Å². The molecule has 0 N–H and O–H groups in total. The van der Waals surface area contributed by atoms with Gasteiger partial charge in [0, 0.05) is 10.4 Å². The van der Waals surface area contributed by atoms with Gasteiger partial charge in [0.15, 0.2) is 0 Å². The van der Waals surface area contributed by atoms with Crippen LogP contribution < -0.4 is 4.74 Å². The highest BCUT2D eigenvalue weighted by molar-refractivity contribution is 9.09. The van der Waals surface area contributed by atoms with Gasteiger partial charge in [-0.15, -0.1) is 0 Å². The van der Waals surface area contributed by atoms with Gasteiger partial charge in [-0.05, 0) is 41.5 Å². The average molecular weight is 320 g/mol. The van der Waals surface area contributed by atoms with Gasteiger partial charge in [-0.1, -0.05) is 48.3 Å². The largest absolute Gasteiger partial charge is 0.496 e. The Hall–Kier alpha value is -0.210. The summed E-state index contributed by atoms with van der Waals surface area (Å²) in [6.07, 6.45) is 0.971. The quantitative estimate of drug-likeness (QED) is 0.714. The summed E-state index contributed by atoms with van der Waals surface area (Å²) in [6.45, 7) is 6.78. The summed E-state index contributed by atoms with van der Waals surface area (Å²) in [5.74, 6) is 1.47. The van der Waals surface area contributed by atoms with Gasteiger partial charge in [0.05, 0.1) is 7.11 Å². The van der Waals surface area contributed by atoms with Crippen molar-refractivity contribution in [2.45, 2.75) is 27.2 Å². The predicted octanol–water partition coefficient (Wildman–Crippen LogP) is 4.95. The Bertz CT molecular complexity index is 371. The molecule has 0 heterocycles. The number of benzene rings is 1. The fourth-order valence-electron chi connectivity index (χ4n) is 1.76.